The fourth-order valence-electron chi connectivity index (χ4n) is 2.16. The number of hydrogen-bond donors (Lipinski definition) is 2. The van der Waals surface area contributed by atoms with Gasteiger partial charge < -0.3 is 10.2 Å². The maximum Gasteiger partial charge on any atom is 0.157 e. The highest BCUT2D eigenvalue weighted by molar-refractivity contribution is 5.46. The summed E-state index contributed by atoms with van der Waals surface area (Å²) >= 11 is 0. The minimum atomic E-state index is -0.0177. The Morgan fingerprint density at radius 3 is 2.06 bits per heavy atom. The molecule has 0 amide bonds. The molecule has 0 saturated heterocycles. The van der Waals surface area contributed by atoms with Gasteiger partial charge in [0.15, 0.2) is 11.5 Å². The molecule has 0 unspecified atom stereocenters. The molecule has 0 fully saturated rings. The Morgan fingerprint density at radius 1 is 1.12 bits per heavy atom. The van der Waals surface area contributed by atoms with E-state index in [2.05, 4.69) is 11.5 Å². The molecule has 86 valence electrons. The summed E-state index contributed by atoms with van der Waals surface area (Å²) in [6.07, 6.45) is 3.74. The lowest BCUT2D eigenvalue weighted by Gasteiger charge is -2.16. The van der Waals surface area contributed by atoms with Crippen LogP contribution in [0, 0.1) is 0 Å². The quantitative estimate of drug-likeness (QED) is 0.587. The predicted octanol–water partition coefficient (Wildman–Crippen LogP) is 1.68. The lowest BCUT2D eigenvalue weighted by atomic mass is 10.0. The van der Waals surface area contributed by atoms with Crippen LogP contribution in [0.25, 0.3) is 0 Å². The molecule has 0 bridgehead atoms. The van der Waals surface area contributed by atoms with Crippen LogP contribution in [-0.4, -0.2) is 34.7 Å². The van der Waals surface area contributed by atoms with Crippen molar-refractivity contribution in [3.63, 3.8) is 0 Å². The van der Waals surface area contributed by atoms with E-state index in [0.29, 0.717) is 0 Å². The maximum atomic E-state index is 9.46. The van der Waals surface area contributed by atoms with Crippen LogP contribution in [0.3, 0.4) is 0 Å². The van der Waals surface area contributed by atoms with Crippen molar-refractivity contribution in [2.45, 2.75) is 12.8 Å². The Kier molecular flexibility index (Phi) is 3.15. The molecule has 0 aliphatic carbocycles. The average molecular weight is 219 g/mol. The molecular formula is C13H17NO2. The number of phenols is 2. The van der Waals surface area contributed by atoms with Crippen LogP contribution < -0.4 is 0 Å². The van der Waals surface area contributed by atoms with E-state index in [9.17, 15) is 10.2 Å². The SMILES string of the molecule is C=CCN1CCc2cc(O)c(O)cc2CC1. The summed E-state index contributed by atoms with van der Waals surface area (Å²) in [5, 5.41) is 18.9. The molecule has 3 nitrogen and oxygen atoms in total. The van der Waals surface area contributed by atoms with Gasteiger partial charge in [-0.15, -0.1) is 6.58 Å². The van der Waals surface area contributed by atoms with Crippen molar-refractivity contribution in [3.8, 4) is 11.5 Å². The average Bonchev–Trinajstić information content (AvgIpc) is 2.44. The molecule has 1 heterocycles. The van der Waals surface area contributed by atoms with Gasteiger partial charge in [-0.2, -0.15) is 0 Å². The second-order valence-corrected chi connectivity index (χ2v) is 4.20. The molecule has 1 aliphatic heterocycles. The molecule has 1 aliphatic rings. The third kappa shape index (κ3) is 2.19. The normalized spacial score (nSPS) is 16.5. The summed E-state index contributed by atoms with van der Waals surface area (Å²) in [7, 11) is 0. The van der Waals surface area contributed by atoms with Crippen molar-refractivity contribution in [2.24, 2.45) is 0 Å². The number of benzene rings is 1. The first-order chi connectivity index (χ1) is 7.70. The van der Waals surface area contributed by atoms with E-state index >= 15 is 0 Å². The largest absolute Gasteiger partial charge is 0.504 e. The van der Waals surface area contributed by atoms with E-state index in [0.717, 1.165) is 43.6 Å². The molecule has 2 rings (SSSR count). The molecule has 0 atom stereocenters. The minimum Gasteiger partial charge on any atom is -0.504 e. The summed E-state index contributed by atoms with van der Waals surface area (Å²) in [5.41, 5.74) is 2.28. The van der Waals surface area contributed by atoms with E-state index in [1.807, 2.05) is 6.08 Å². The van der Waals surface area contributed by atoms with E-state index in [1.165, 1.54) is 0 Å². The van der Waals surface area contributed by atoms with Gasteiger partial charge in [0.25, 0.3) is 0 Å². The highest BCUT2D eigenvalue weighted by Gasteiger charge is 2.15. The topological polar surface area (TPSA) is 43.7 Å². The summed E-state index contributed by atoms with van der Waals surface area (Å²) in [5.74, 6) is -0.0353. The van der Waals surface area contributed by atoms with Gasteiger partial charge in [-0.05, 0) is 36.1 Å². The fraction of sp³-hybridized carbons (Fsp3) is 0.385. The fourth-order valence-corrected chi connectivity index (χ4v) is 2.16. The predicted molar refractivity (Wildman–Crippen MR) is 63.8 cm³/mol. The van der Waals surface area contributed by atoms with Gasteiger partial charge in [0, 0.05) is 19.6 Å². The van der Waals surface area contributed by atoms with Gasteiger partial charge in [0.1, 0.15) is 0 Å². The molecule has 0 radical (unpaired) electrons. The van der Waals surface area contributed by atoms with E-state index < -0.39 is 0 Å². The Bertz CT molecular complexity index is 368. The zero-order chi connectivity index (χ0) is 11.5. The monoisotopic (exact) mass is 219 g/mol. The second kappa shape index (κ2) is 4.58. The maximum absolute atomic E-state index is 9.46. The molecular weight excluding hydrogens is 202 g/mol. The highest BCUT2D eigenvalue weighted by Crippen LogP contribution is 2.30. The van der Waals surface area contributed by atoms with Crippen LogP contribution in [0.15, 0.2) is 24.8 Å². The van der Waals surface area contributed by atoms with Gasteiger partial charge in [0.2, 0.25) is 0 Å². The molecule has 16 heavy (non-hydrogen) atoms. The zero-order valence-electron chi connectivity index (χ0n) is 9.32. The molecule has 1 aromatic carbocycles. The number of nitrogens with zero attached hydrogens (tertiary/aromatic N) is 1. The molecule has 3 heteroatoms. The van der Waals surface area contributed by atoms with Crippen LogP contribution in [0.5, 0.6) is 11.5 Å². The Morgan fingerprint density at radius 2 is 1.62 bits per heavy atom. The second-order valence-electron chi connectivity index (χ2n) is 4.20. The molecule has 2 N–H and O–H groups in total. The van der Waals surface area contributed by atoms with Gasteiger partial charge in [-0.3, -0.25) is 4.90 Å². The van der Waals surface area contributed by atoms with Crippen molar-refractivity contribution in [2.75, 3.05) is 19.6 Å². The Hall–Kier alpha value is -1.48. The zero-order valence-corrected chi connectivity index (χ0v) is 9.32. The summed E-state index contributed by atoms with van der Waals surface area (Å²) in [6, 6.07) is 3.37. The van der Waals surface area contributed by atoms with E-state index in [4.69, 9.17) is 0 Å². The number of hydrogen-bond acceptors (Lipinski definition) is 3. The smallest absolute Gasteiger partial charge is 0.157 e. The van der Waals surface area contributed by atoms with Crippen LogP contribution in [0.2, 0.25) is 0 Å². The lowest BCUT2D eigenvalue weighted by Crippen LogP contribution is -2.26. The van der Waals surface area contributed by atoms with E-state index in [-0.39, 0.29) is 11.5 Å². The highest BCUT2D eigenvalue weighted by atomic mass is 16.3. The lowest BCUT2D eigenvalue weighted by molar-refractivity contribution is 0.318. The van der Waals surface area contributed by atoms with Gasteiger partial charge in [-0.25, -0.2) is 0 Å². The summed E-state index contributed by atoms with van der Waals surface area (Å²) in [6.45, 7) is 6.59. The molecule has 0 spiro atoms. The molecule has 0 saturated carbocycles. The third-order valence-electron chi connectivity index (χ3n) is 3.08. The first kappa shape index (κ1) is 11.0. The van der Waals surface area contributed by atoms with Crippen LogP contribution in [-0.2, 0) is 12.8 Å². The van der Waals surface area contributed by atoms with Crippen molar-refractivity contribution in [1.29, 1.82) is 0 Å². The van der Waals surface area contributed by atoms with Crippen molar-refractivity contribution >= 4 is 0 Å². The van der Waals surface area contributed by atoms with Crippen LogP contribution in [0.4, 0.5) is 0 Å². The Labute approximate surface area is 95.6 Å². The molecule has 0 aromatic heterocycles. The van der Waals surface area contributed by atoms with Crippen LogP contribution >= 0.6 is 0 Å². The number of fused-ring (bicyclic) bond motifs is 1. The van der Waals surface area contributed by atoms with Crippen LogP contribution in [0.1, 0.15) is 11.1 Å². The van der Waals surface area contributed by atoms with E-state index in [1.54, 1.807) is 12.1 Å². The Balaban J connectivity index is 2.20. The number of rotatable bonds is 2. The standard InChI is InChI=1S/C13H17NO2/c1-2-5-14-6-3-10-8-12(15)13(16)9-11(10)4-7-14/h2,8-9,15-16H,1,3-7H2. The van der Waals surface area contributed by atoms with Crippen molar-refractivity contribution in [1.82, 2.24) is 4.90 Å². The van der Waals surface area contributed by atoms with Crippen molar-refractivity contribution < 1.29 is 10.2 Å². The minimum absolute atomic E-state index is 0.0177. The first-order valence-corrected chi connectivity index (χ1v) is 5.57. The van der Waals surface area contributed by atoms with Crippen molar-refractivity contribution in [3.05, 3.63) is 35.9 Å². The van der Waals surface area contributed by atoms with Gasteiger partial charge in [0.05, 0.1) is 0 Å². The number of phenolic OH excluding ortho intramolecular Hbond substituents is 2. The first-order valence-electron chi connectivity index (χ1n) is 5.57. The summed E-state index contributed by atoms with van der Waals surface area (Å²) in [4.78, 5) is 2.32. The summed E-state index contributed by atoms with van der Waals surface area (Å²) < 4.78 is 0. The van der Waals surface area contributed by atoms with Gasteiger partial charge in [-0.1, -0.05) is 6.08 Å². The van der Waals surface area contributed by atoms with Gasteiger partial charge >= 0.3 is 0 Å². The number of aromatic hydroxyl groups is 2. The third-order valence-corrected chi connectivity index (χ3v) is 3.08. The molecule has 1 aromatic rings.